The molecule has 0 aromatic heterocycles. The van der Waals surface area contributed by atoms with Crippen molar-refractivity contribution in [3.8, 4) is 11.8 Å². The zero-order valence-electron chi connectivity index (χ0n) is 12.9. The van der Waals surface area contributed by atoms with Crippen LogP contribution in [-0.4, -0.2) is 14.1 Å². The summed E-state index contributed by atoms with van der Waals surface area (Å²) < 4.78 is 0. The lowest BCUT2D eigenvalue weighted by Gasteiger charge is -2.11. The van der Waals surface area contributed by atoms with Gasteiger partial charge < -0.3 is 4.90 Å². The first kappa shape index (κ1) is 14.2. The van der Waals surface area contributed by atoms with Crippen molar-refractivity contribution in [1.82, 2.24) is 0 Å². The van der Waals surface area contributed by atoms with Crippen molar-refractivity contribution in [2.45, 2.75) is 20.8 Å². The van der Waals surface area contributed by atoms with E-state index in [0.717, 1.165) is 11.1 Å². The molecule has 0 saturated heterocycles. The SMILES string of the molecule is Cc1cc(C#Cc2ccc(N(C)C)cc2)cc(C)c1C. The van der Waals surface area contributed by atoms with Crippen LogP contribution in [0.3, 0.4) is 0 Å². The summed E-state index contributed by atoms with van der Waals surface area (Å²) in [5.74, 6) is 6.49. The standard InChI is InChI=1S/C19H21N/c1-14-12-18(13-15(2)16(14)3)7-6-17-8-10-19(11-9-17)20(4)5/h8-13H,1-5H3. The van der Waals surface area contributed by atoms with Gasteiger partial charge in [0, 0.05) is 30.9 Å². The number of rotatable bonds is 1. The van der Waals surface area contributed by atoms with E-state index in [1.54, 1.807) is 0 Å². The van der Waals surface area contributed by atoms with Gasteiger partial charge in [0.2, 0.25) is 0 Å². The van der Waals surface area contributed by atoms with E-state index in [-0.39, 0.29) is 0 Å². The predicted octanol–water partition coefficient (Wildman–Crippen LogP) is 4.08. The van der Waals surface area contributed by atoms with E-state index in [1.165, 1.54) is 22.4 Å². The molecule has 2 aromatic carbocycles. The summed E-state index contributed by atoms with van der Waals surface area (Å²) in [6, 6.07) is 12.6. The van der Waals surface area contributed by atoms with Gasteiger partial charge in [0.15, 0.2) is 0 Å². The molecule has 2 rings (SSSR count). The lowest BCUT2D eigenvalue weighted by atomic mass is 10.0. The summed E-state index contributed by atoms with van der Waals surface area (Å²) in [6.07, 6.45) is 0. The topological polar surface area (TPSA) is 3.24 Å². The molecule has 0 aliphatic heterocycles. The Morgan fingerprint density at radius 3 is 1.75 bits per heavy atom. The highest BCUT2D eigenvalue weighted by Gasteiger charge is 1.99. The molecular weight excluding hydrogens is 242 g/mol. The number of benzene rings is 2. The second kappa shape index (κ2) is 5.84. The predicted molar refractivity (Wildman–Crippen MR) is 87.4 cm³/mol. The zero-order chi connectivity index (χ0) is 14.7. The van der Waals surface area contributed by atoms with Gasteiger partial charge in [-0.3, -0.25) is 0 Å². The van der Waals surface area contributed by atoms with Gasteiger partial charge in [-0.2, -0.15) is 0 Å². The summed E-state index contributed by atoms with van der Waals surface area (Å²) in [4.78, 5) is 2.09. The molecule has 0 unspecified atom stereocenters. The Balaban J connectivity index is 2.27. The second-order valence-corrected chi connectivity index (χ2v) is 5.43. The largest absolute Gasteiger partial charge is 0.378 e. The van der Waals surface area contributed by atoms with Crippen LogP contribution in [0.1, 0.15) is 27.8 Å². The molecule has 20 heavy (non-hydrogen) atoms. The minimum Gasteiger partial charge on any atom is -0.378 e. The van der Waals surface area contributed by atoms with Crippen LogP contribution < -0.4 is 4.90 Å². The molecule has 1 heteroatoms. The number of nitrogens with zero attached hydrogens (tertiary/aromatic N) is 1. The molecule has 0 bridgehead atoms. The number of anilines is 1. The van der Waals surface area contributed by atoms with Crippen LogP contribution >= 0.6 is 0 Å². The summed E-state index contributed by atoms with van der Waals surface area (Å²) in [7, 11) is 4.08. The number of aryl methyl sites for hydroxylation is 2. The fraction of sp³-hybridized carbons (Fsp3) is 0.263. The minimum absolute atomic E-state index is 1.05. The first-order chi connectivity index (χ1) is 9.47. The Morgan fingerprint density at radius 2 is 1.25 bits per heavy atom. The third kappa shape index (κ3) is 3.22. The van der Waals surface area contributed by atoms with Gasteiger partial charge in [0.25, 0.3) is 0 Å². The van der Waals surface area contributed by atoms with Gasteiger partial charge in [0.05, 0.1) is 0 Å². The fourth-order valence-electron chi connectivity index (χ4n) is 2.10. The maximum Gasteiger partial charge on any atom is 0.0361 e. The number of hydrogen-bond acceptors (Lipinski definition) is 1. The van der Waals surface area contributed by atoms with Gasteiger partial charge in [-0.15, -0.1) is 0 Å². The average molecular weight is 263 g/mol. The minimum atomic E-state index is 1.05. The molecule has 0 heterocycles. The maximum absolute atomic E-state index is 3.25. The lowest BCUT2D eigenvalue weighted by molar-refractivity contribution is 1.13. The molecule has 2 aromatic rings. The summed E-state index contributed by atoms with van der Waals surface area (Å²) in [6.45, 7) is 6.43. The molecule has 0 fully saturated rings. The Kier molecular flexibility index (Phi) is 4.15. The van der Waals surface area contributed by atoms with Crippen molar-refractivity contribution in [1.29, 1.82) is 0 Å². The lowest BCUT2D eigenvalue weighted by Crippen LogP contribution is -2.07. The molecule has 0 amide bonds. The van der Waals surface area contributed by atoms with Gasteiger partial charge >= 0.3 is 0 Å². The van der Waals surface area contributed by atoms with Gasteiger partial charge in [0.1, 0.15) is 0 Å². The van der Waals surface area contributed by atoms with Crippen molar-refractivity contribution < 1.29 is 0 Å². The Hall–Kier alpha value is -2.20. The van der Waals surface area contributed by atoms with E-state index < -0.39 is 0 Å². The van der Waals surface area contributed by atoms with Gasteiger partial charge in [-0.1, -0.05) is 11.8 Å². The number of hydrogen-bond donors (Lipinski definition) is 0. The van der Waals surface area contributed by atoms with E-state index in [1.807, 2.05) is 14.1 Å². The summed E-state index contributed by atoms with van der Waals surface area (Å²) in [5, 5.41) is 0. The van der Waals surface area contributed by atoms with Crippen molar-refractivity contribution in [2.24, 2.45) is 0 Å². The molecule has 0 saturated carbocycles. The van der Waals surface area contributed by atoms with E-state index in [0.29, 0.717) is 0 Å². The molecule has 1 nitrogen and oxygen atoms in total. The maximum atomic E-state index is 3.25. The molecule has 0 aliphatic rings. The van der Waals surface area contributed by atoms with Crippen LogP contribution in [0.4, 0.5) is 5.69 Å². The van der Waals surface area contributed by atoms with Crippen LogP contribution in [0, 0.1) is 32.6 Å². The summed E-state index contributed by atoms with van der Waals surface area (Å²) >= 11 is 0. The monoisotopic (exact) mass is 263 g/mol. The van der Waals surface area contributed by atoms with Crippen LogP contribution in [-0.2, 0) is 0 Å². The second-order valence-electron chi connectivity index (χ2n) is 5.43. The van der Waals surface area contributed by atoms with Crippen molar-refractivity contribution in [3.05, 3.63) is 64.2 Å². The Bertz CT molecular complexity index is 644. The van der Waals surface area contributed by atoms with E-state index >= 15 is 0 Å². The highest BCUT2D eigenvalue weighted by molar-refractivity contribution is 5.52. The van der Waals surface area contributed by atoms with Crippen LogP contribution in [0.2, 0.25) is 0 Å². The van der Waals surface area contributed by atoms with Crippen LogP contribution in [0.25, 0.3) is 0 Å². The first-order valence-electron chi connectivity index (χ1n) is 6.84. The molecule has 0 spiro atoms. The van der Waals surface area contributed by atoms with Crippen molar-refractivity contribution in [2.75, 3.05) is 19.0 Å². The third-order valence-electron chi connectivity index (χ3n) is 3.66. The molecule has 102 valence electrons. The van der Waals surface area contributed by atoms with Crippen molar-refractivity contribution in [3.63, 3.8) is 0 Å². The zero-order valence-corrected chi connectivity index (χ0v) is 12.9. The highest BCUT2D eigenvalue weighted by Crippen LogP contribution is 2.15. The smallest absolute Gasteiger partial charge is 0.0361 e. The molecule has 0 aliphatic carbocycles. The van der Waals surface area contributed by atoms with Crippen LogP contribution in [0.15, 0.2) is 36.4 Å². The molecule has 0 atom stereocenters. The summed E-state index contributed by atoms with van der Waals surface area (Å²) in [5.41, 5.74) is 7.28. The highest BCUT2D eigenvalue weighted by atomic mass is 15.1. The van der Waals surface area contributed by atoms with E-state index in [9.17, 15) is 0 Å². The van der Waals surface area contributed by atoms with Gasteiger partial charge in [-0.25, -0.2) is 0 Å². The Morgan fingerprint density at radius 1 is 0.750 bits per heavy atom. The Labute approximate surface area is 122 Å². The average Bonchev–Trinajstić information content (AvgIpc) is 2.42. The van der Waals surface area contributed by atoms with E-state index in [4.69, 9.17) is 0 Å². The first-order valence-corrected chi connectivity index (χ1v) is 6.84. The van der Waals surface area contributed by atoms with Crippen molar-refractivity contribution >= 4 is 5.69 Å². The normalized spacial score (nSPS) is 9.85. The molecular formula is C19H21N. The van der Waals surface area contributed by atoms with Crippen LogP contribution in [0.5, 0.6) is 0 Å². The van der Waals surface area contributed by atoms with E-state index in [2.05, 4.69) is 73.9 Å². The fourth-order valence-corrected chi connectivity index (χ4v) is 2.10. The quantitative estimate of drug-likeness (QED) is 0.701. The third-order valence-corrected chi connectivity index (χ3v) is 3.66. The molecule has 0 radical (unpaired) electrons. The molecule has 0 N–H and O–H groups in total. The van der Waals surface area contributed by atoms with Gasteiger partial charge in [-0.05, 0) is 73.9 Å².